The van der Waals surface area contributed by atoms with Crippen molar-refractivity contribution in [3.05, 3.63) is 29.8 Å². The summed E-state index contributed by atoms with van der Waals surface area (Å²) in [7, 11) is 0. The number of para-hydroxylation sites is 1. The lowest BCUT2D eigenvalue weighted by Crippen LogP contribution is -2.20. The highest BCUT2D eigenvalue weighted by atomic mass is 32.1. The number of hydrogen-bond donors (Lipinski definition) is 2. The van der Waals surface area contributed by atoms with E-state index in [9.17, 15) is 4.79 Å². The van der Waals surface area contributed by atoms with Gasteiger partial charge in [-0.15, -0.1) is 0 Å². The average Bonchev–Trinajstić information content (AvgIpc) is 2.03. The predicted molar refractivity (Wildman–Crippen MR) is 56.9 cm³/mol. The SMILES string of the molecule is CC(=O)c1ccccc1NC(N)=S. The van der Waals surface area contributed by atoms with Gasteiger partial charge in [-0.05, 0) is 31.3 Å². The van der Waals surface area contributed by atoms with Crippen LogP contribution in [0, 0.1) is 0 Å². The van der Waals surface area contributed by atoms with Crippen LogP contribution in [0.1, 0.15) is 17.3 Å². The molecule has 0 bridgehead atoms. The summed E-state index contributed by atoms with van der Waals surface area (Å²) < 4.78 is 0. The smallest absolute Gasteiger partial charge is 0.168 e. The molecule has 4 heteroatoms. The topological polar surface area (TPSA) is 55.1 Å². The van der Waals surface area contributed by atoms with Gasteiger partial charge in [0.1, 0.15) is 0 Å². The zero-order chi connectivity index (χ0) is 9.84. The molecule has 0 unspecified atom stereocenters. The summed E-state index contributed by atoms with van der Waals surface area (Å²) in [5, 5.41) is 2.90. The number of carbonyl (C=O) groups is 1. The molecule has 0 saturated heterocycles. The minimum absolute atomic E-state index is 0.0145. The van der Waals surface area contributed by atoms with Crippen LogP contribution < -0.4 is 11.1 Å². The van der Waals surface area contributed by atoms with Gasteiger partial charge in [-0.3, -0.25) is 4.79 Å². The largest absolute Gasteiger partial charge is 0.376 e. The van der Waals surface area contributed by atoms with Crippen LogP contribution in [0.3, 0.4) is 0 Å². The Morgan fingerprint density at radius 3 is 2.62 bits per heavy atom. The third-order valence-corrected chi connectivity index (χ3v) is 1.67. The Hall–Kier alpha value is -1.42. The molecule has 0 saturated carbocycles. The second-order valence-corrected chi connectivity index (χ2v) is 3.03. The molecule has 0 aliphatic rings. The average molecular weight is 194 g/mol. The highest BCUT2D eigenvalue weighted by molar-refractivity contribution is 7.80. The summed E-state index contributed by atoms with van der Waals surface area (Å²) in [5.74, 6) is -0.0145. The lowest BCUT2D eigenvalue weighted by Gasteiger charge is -2.07. The van der Waals surface area contributed by atoms with Crippen molar-refractivity contribution in [2.24, 2.45) is 5.73 Å². The van der Waals surface area contributed by atoms with Crippen molar-refractivity contribution in [3.8, 4) is 0 Å². The van der Waals surface area contributed by atoms with E-state index in [4.69, 9.17) is 5.73 Å². The first-order valence-electron chi connectivity index (χ1n) is 3.77. The molecule has 0 aliphatic carbocycles. The molecule has 0 fully saturated rings. The molecule has 1 rings (SSSR count). The summed E-state index contributed by atoms with van der Waals surface area (Å²) in [5.41, 5.74) is 6.55. The molecule has 0 aromatic heterocycles. The fourth-order valence-corrected chi connectivity index (χ4v) is 1.14. The van der Waals surface area contributed by atoms with E-state index >= 15 is 0 Å². The molecule has 3 N–H and O–H groups in total. The van der Waals surface area contributed by atoms with Gasteiger partial charge in [0.25, 0.3) is 0 Å². The van der Waals surface area contributed by atoms with Gasteiger partial charge in [0.15, 0.2) is 10.9 Å². The second-order valence-electron chi connectivity index (χ2n) is 2.59. The number of nitrogens with two attached hydrogens (primary N) is 1. The Morgan fingerprint density at radius 1 is 1.46 bits per heavy atom. The van der Waals surface area contributed by atoms with E-state index in [2.05, 4.69) is 17.5 Å². The zero-order valence-corrected chi connectivity index (χ0v) is 8.02. The molecule has 68 valence electrons. The van der Waals surface area contributed by atoms with Gasteiger partial charge in [0.05, 0.1) is 5.69 Å². The van der Waals surface area contributed by atoms with Crippen molar-refractivity contribution >= 4 is 28.8 Å². The van der Waals surface area contributed by atoms with E-state index in [1.807, 2.05) is 6.07 Å². The summed E-state index contributed by atoms with van der Waals surface area (Å²) in [6.07, 6.45) is 0. The lowest BCUT2D eigenvalue weighted by molar-refractivity contribution is 0.101. The Bertz CT molecular complexity index is 349. The predicted octanol–water partition coefficient (Wildman–Crippen LogP) is 1.54. The van der Waals surface area contributed by atoms with Gasteiger partial charge in [0.2, 0.25) is 0 Å². The molecule has 13 heavy (non-hydrogen) atoms. The number of ketones is 1. The number of Topliss-reactive ketones (excluding diaryl/α,β-unsaturated/α-hetero) is 1. The van der Waals surface area contributed by atoms with Crippen molar-refractivity contribution in [2.75, 3.05) is 5.32 Å². The van der Waals surface area contributed by atoms with Gasteiger partial charge < -0.3 is 11.1 Å². The van der Waals surface area contributed by atoms with E-state index in [1.165, 1.54) is 6.92 Å². The number of anilines is 1. The third kappa shape index (κ3) is 2.52. The monoisotopic (exact) mass is 194 g/mol. The molecular formula is C9H10N2OS. The van der Waals surface area contributed by atoms with Crippen molar-refractivity contribution in [1.29, 1.82) is 0 Å². The van der Waals surface area contributed by atoms with Crippen molar-refractivity contribution < 1.29 is 4.79 Å². The summed E-state index contributed by atoms with van der Waals surface area (Å²) in [6, 6.07) is 7.09. The number of carbonyl (C=O) groups excluding carboxylic acids is 1. The molecule has 0 heterocycles. The minimum Gasteiger partial charge on any atom is -0.376 e. The van der Waals surface area contributed by atoms with Gasteiger partial charge in [0, 0.05) is 5.56 Å². The Morgan fingerprint density at radius 2 is 2.08 bits per heavy atom. The number of benzene rings is 1. The van der Waals surface area contributed by atoms with E-state index in [0.29, 0.717) is 11.3 Å². The lowest BCUT2D eigenvalue weighted by atomic mass is 10.1. The van der Waals surface area contributed by atoms with Gasteiger partial charge in [-0.25, -0.2) is 0 Å². The van der Waals surface area contributed by atoms with Crippen LogP contribution in [0.25, 0.3) is 0 Å². The number of hydrogen-bond acceptors (Lipinski definition) is 2. The maximum Gasteiger partial charge on any atom is 0.168 e. The van der Waals surface area contributed by atoms with Crippen LogP contribution in [0.15, 0.2) is 24.3 Å². The first-order valence-corrected chi connectivity index (χ1v) is 4.18. The highest BCUT2D eigenvalue weighted by Gasteiger charge is 2.05. The quantitative estimate of drug-likeness (QED) is 0.554. The molecule has 0 aliphatic heterocycles. The van der Waals surface area contributed by atoms with Crippen LogP contribution in [-0.4, -0.2) is 10.9 Å². The van der Waals surface area contributed by atoms with E-state index in [1.54, 1.807) is 18.2 Å². The molecule has 1 aromatic rings. The maximum absolute atomic E-state index is 11.1. The third-order valence-electron chi connectivity index (χ3n) is 1.56. The normalized spacial score (nSPS) is 9.31. The van der Waals surface area contributed by atoms with Crippen LogP contribution in [0.2, 0.25) is 0 Å². The first-order chi connectivity index (χ1) is 6.11. The highest BCUT2D eigenvalue weighted by Crippen LogP contribution is 2.14. The molecule has 0 atom stereocenters. The van der Waals surface area contributed by atoms with E-state index < -0.39 is 0 Å². The standard InChI is InChI=1S/C9H10N2OS/c1-6(12)7-4-2-3-5-8(7)11-9(10)13/h2-5H,1H3,(H3,10,11,13). The number of thiocarbonyl (C=S) groups is 1. The summed E-state index contributed by atoms with van der Waals surface area (Å²) in [4.78, 5) is 11.1. The zero-order valence-electron chi connectivity index (χ0n) is 7.20. The van der Waals surface area contributed by atoms with E-state index in [0.717, 1.165) is 0 Å². The number of nitrogens with one attached hydrogen (secondary N) is 1. The Labute approximate surface area is 81.9 Å². The van der Waals surface area contributed by atoms with Gasteiger partial charge in [-0.1, -0.05) is 12.1 Å². The maximum atomic E-state index is 11.1. The Balaban J connectivity index is 3.04. The van der Waals surface area contributed by atoms with E-state index in [-0.39, 0.29) is 10.9 Å². The molecule has 3 nitrogen and oxygen atoms in total. The fraction of sp³-hybridized carbons (Fsp3) is 0.111. The van der Waals surface area contributed by atoms with Crippen LogP contribution >= 0.6 is 12.2 Å². The second kappa shape index (κ2) is 4.00. The molecule has 0 amide bonds. The summed E-state index contributed by atoms with van der Waals surface area (Å²) >= 11 is 4.68. The van der Waals surface area contributed by atoms with Crippen molar-refractivity contribution in [1.82, 2.24) is 0 Å². The van der Waals surface area contributed by atoms with Gasteiger partial charge in [-0.2, -0.15) is 0 Å². The van der Waals surface area contributed by atoms with Crippen LogP contribution in [0.5, 0.6) is 0 Å². The number of rotatable bonds is 2. The van der Waals surface area contributed by atoms with Crippen LogP contribution in [-0.2, 0) is 0 Å². The van der Waals surface area contributed by atoms with Gasteiger partial charge >= 0.3 is 0 Å². The van der Waals surface area contributed by atoms with Crippen molar-refractivity contribution in [3.63, 3.8) is 0 Å². The Kier molecular flexibility index (Phi) is 2.97. The molecule has 0 radical (unpaired) electrons. The molecular weight excluding hydrogens is 184 g/mol. The minimum atomic E-state index is -0.0145. The molecule has 1 aromatic carbocycles. The molecule has 0 spiro atoms. The van der Waals surface area contributed by atoms with Crippen molar-refractivity contribution in [2.45, 2.75) is 6.92 Å². The summed E-state index contributed by atoms with van der Waals surface area (Å²) in [6.45, 7) is 1.50. The fourth-order valence-electron chi connectivity index (χ4n) is 1.03. The van der Waals surface area contributed by atoms with Crippen LogP contribution in [0.4, 0.5) is 5.69 Å². The first kappa shape index (κ1) is 9.67.